The van der Waals surface area contributed by atoms with E-state index >= 15 is 0 Å². The number of nitrogens with zero attached hydrogens (tertiary/aromatic N) is 3. The van der Waals surface area contributed by atoms with Crippen LogP contribution in [0.4, 0.5) is 5.95 Å². The minimum absolute atomic E-state index is 0.0671. The molecule has 138 valence electrons. The van der Waals surface area contributed by atoms with Crippen molar-refractivity contribution in [3.63, 3.8) is 0 Å². The van der Waals surface area contributed by atoms with Gasteiger partial charge in [-0.2, -0.15) is 4.98 Å². The van der Waals surface area contributed by atoms with Gasteiger partial charge in [-0.1, -0.05) is 17.8 Å². The highest BCUT2D eigenvalue weighted by atomic mass is 32.2. The van der Waals surface area contributed by atoms with Crippen LogP contribution in [0.3, 0.4) is 0 Å². The number of anilines is 1. The fraction of sp³-hybridized carbons (Fsp3) is 0.471. The molecule has 4 rings (SSSR count). The van der Waals surface area contributed by atoms with E-state index in [4.69, 9.17) is 15.2 Å². The van der Waals surface area contributed by atoms with E-state index in [0.717, 1.165) is 42.9 Å². The van der Waals surface area contributed by atoms with Crippen molar-refractivity contribution in [3.05, 3.63) is 23.8 Å². The summed E-state index contributed by atoms with van der Waals surface area (Å²) in [5.41, 5.74) is 6.60. The molecule has 1 saturated heterocycles. The van der Waals surface area contributed by atoms with E-state index in [9.17, 15) is 4.79 Å². The molecule has 1 fully saturated rings. The van der Waals surface area contributed by atoms with Crippen LogP contribution in [-0.4, -0.2) is 51.5 Å². The lowest BCUT2D eigenvalue weighted by Crippen LogP contribution is -2.32. The molecular weight excluding hydrogens is 354 g/mol. The van der Waals surface area contributed by atoms with Gasteiger partial charge in [0.2, 0.25) is 17.0 Å². The summed E-state index contributed by atoms with van der Waals surface area (Å²) >= 11 is 1.29. The van der Waals surface area contributed by atoms with Gasteiger partial charge in [0.25, 0.3) is 0 Å². The zero-order valence-electron chi connectivity index (χ0n) is 14.3. The van der Waals surface area contributed by atoms with Crippen molar-refractivity contribution in [2.24, 2.45) is 0 Å². The summed E-state index contributed by atoms with van der Waals surface area (Å²) in [5.74, 6) is 2.17. The standard InChI is InChI=1S/C17H21N5O3S/c18-16-19-17(21-20-16)26-10-15(23)22-6-1-3-12(22)11-4-5-13-14(9-11)25-8-2-7-24-13/h4-5,9,12H,1-3,6-8,10H2,(H3,18,19,20,21). The van der Waals surface area contributed by atoms with Crippen LogP contribution in [0.1, 0.15) is 30.9 Å². The Morgan fingerprint density at radius 1 is 1.31 bits per heavy atom. The van der Waals surface area contributed by atoms with Crippen LogP contribution in [0.25, 0.3) is 0 Å². The average Bonchev–Trinajstić information content (AvgIpc) is 3.23. The largest absolute Gasteiger partial charge is 0.490 e. The van der Waals surface area contributed by atoms with Crippen LogP contribution in [0.2, 0.25) is 0 Å². The normalized spacial score (nSPS) is 19.4. The first-order valence-electron chi connectivity index (χ1n) is 8.70. The molecule has 1 aromatic carbocycles. The van der Waals surface area contributed by atoms with Crippen molar-refractivity contribution >= 4 is 23.6 Å². The van der Waals surface area contributed by atoms with Crippen molar-refractivity contribution < 1.29 is 14.3 Å². The summed E-state index contributed by atoms with van der Waals surface area (Å²) in [4.78, 5) is 18.7. The Kier molecular flexibility index (Phi) is 4.87. The number of amides is 1. The molecule has 8 nitrogen and oxygen atoms in total. The molecule has 3 N–H and O–H groups in total. The molecule has 26 heavy (non-hydrogen) atoms. The molecule has 1 aromatic heterocycles. The minimum atomic E-state index is 0.0671. The number of carbonyl (C=O) groups is 1. The molecule has 0 spiro atoms. The summed E-state index contributed by atoms with van der Waals surface area (Å²) in [6.07, 6.45) is 2.81. The molecule has 0 aliphatic carbocycles. The molecule has 1 amide bonds. The maximum absolute atomic E-state index is 12.7. The zero-order valence-corrected chi connectivity index (χ0v) is 15.1. The van der Waals surface area contributed by atoms with Crippen molar-refractivity contribution in [2.45, 2.75) is 30.5 Å². The van der Waals surface area contributed by atoms with Crippen LogP contribution in [0.5, 0.6) is 11.5 Å². The van der Waals surface area contributed by atoms with Gasteiger partial charge in [0, 0.05) is 13.0 Å². The third-order valence-corrected chi connectivity index (χ3v) is 5.37. The topological polar surface area (TPSA) is 106 Å². The first-order chi connectivity index (χ1) is 12.7. The van der Waals surface area contributed by atoms with Crippen LogP contribution >= 0.6 is 11.8 Å². The number of benzene rings is 1. The summed E-state index contributed by atoms with van der Waals surface area (Å²) in [6.45, 7) is 2.08. The van der Waals surface area contributed by atoms with Crippen molar-refractivity contribution in [1.29, 1.82) is 0 Å². The molecule has 2 aliphatic heterocycles. The molecule has 3 heterocycles. The molecular formula is C17H21N5O3S. The predicted molar refractivity (Wildman–Crippen MR) is 97.3 cm³/mol. The van der Waals surface area contributed by atoms with Crippen LogP contribution in [0, 0.1) is 0 Å². The Morgan fingerprint density at radius 2 is 2.15 bits per heavy atom. The molecule has 9 heteroatoms. The number of carbonyl (C=O) groups excluding carboxylic acids is 1. The number of likely N-dealkylation sites (tertiary alicyclic amines) is 1. The van der Waals surface area contributed by atoms with Crippen LogP contribution < -0.4 is 15.2 Å². The number of aromatic amines is 1. The number of ether oxygens (including phenoxy) is 2. The quantitative estimate of drug-likeness (QED) is 0.787. The van der Waals surface area contributed by atoms with E-state index in [-0.39, 0.29) is 17.9 Å². The van der Waals surface area contributed by atoms with Crippen molar-refractivity contribution in [1.82, 2.24) is 20.1 Å². The molecule has 0 radical (unpaired) electrons. The molecule has 1 unspecified atom stereocenters. The minimum Gasteiger partial charge on any atom is -0.490 e. The number of nitrogen functional groups attached to an aromatic ring is 1. The van der Waals surface area contributed by atoms with E-state index < -0.39 is 0 Å². The second kappa shape index (κ2) is 7.45. The number of hydrogen-bond acceptors (Lipinski definition) is 7. The second-order valence-corrected chi connectivity index (χ2v) is 7.24. The molecule has 2 aromatic rings. The lowest BCUT2D eigenvalue weighted by molar-refractivity contribution is -0.129. The number of rotatable bonds is 4. The van der Waals surface area contributed by atoms with Gasteiger partial charge < -0.3 is 20.1 Å². The van der Waals surface area contributed by atoms with Gasteiger partial charge in [0.1, 0.15) is 0 Å². The number of fused-ring (bicyclic) bond motifs is 1. The van der Waals surface area contributed by atoms with Crippen molar-refractivity contribution in [2.75, 3.05) is 31.2 Å². The van der Waals surface area contributed by atoms with E-state index in [0.29, 0.717) is 24.1 Å². The molecule has 2 aliphatic rings. The Balaban J connectivity index is 1.45. The summed E-state index contributed by atoms with van der Waals surface area (Å²) in [6, 6.07) is 6.06. The van der Waals surface area contributed by atoms with Crippen molar-refractivity contribution in [3.8, 4) is 11.5 Å². The number of hydrogen-bond donors (Lipinski definition) is 2. The highest BCUT2D eigenvalue weighted by Gasteiger charge is 2.30. The van der Waals surface area contributed by atoms with Gasteiger partial charge >= 0.3 is 0 Å². The SMILES string of the molecule is Nc1nc(SCC(=O)N2CCCC2c2ccc3c(c2)OCCCO3)n[nH]1. The van der Waals surface area contributed by atoms with E-state index in [1.165, 1.54) is 11.8 Å². The predicted octanol–water partition coefficient (Wildman–Crippen LogP) is 2.00. The second-order valence-electron chi connectivity index (χ2n) is 6.29. The Bertz CT molecular complexity index is 796. The van der Waals surface area contributed by atoms with Gasteiger partial charge in [-0.05, 0) is 30.5 Å². The zero-order chi connectivity index (χ0) is 17.9. The maximum Gasteiger partial charge on any atom is 0.233 e. The maximum atomic E-state index is 12.7. The number of nitrogens with two attached hydrogens (primary N) is 1. The number of nitrogens with one attached hydrogen (secondary N) is 1. The smallest absolute Gasteiger partial charge is 0.233 e. The highest BCUT2D eigenvalue weighted by molar-refractivity contribution is 7.99. The van der Waals surface area contributed by atoms with Crippen LogP contribution in [-0.2, 0) is 4.79 Å². The van der Waals surface area contributed by atoms with Gasteiger partial charge in [-0.3, -0.25) is 4.79 Å². The molecule has 0 saturated carbocycles. The van der Waals surface area contributed by atoms with E-state index in [2.05, 4.69) is 15.2 Å². The summed E-state index contributed by atoms with van der Waals surface area (Å²) < 4.78 is 11.5. The van der Waals surface area contributed by atoms with Gasteiger partial charge in [0.15, 0.2) is 11.5 Å². The fourth-order valence-electron chi connectivity index (χ4n) is 3.33. The first-order valence-corrected chi connectivity index (χ1v) is 9.69. The molecule has 0 bridgehead atoms. The highest BCUT2D eigenvalue weighted by Crippen LogP contribution is 2.38. The fourth-order valence-corrected chi connectivity index (χ4v) is 4.02. The first kappa shape index (κ1) is 17.0. The van der Waals surface area contributed by atoms with E-state index in [1.54, 1.807) is 0 Å². The van der Waals surface area contributed by atoms with Gasteiger partial charge in [0.05, 0.1) is 25.0 Å². The number of thioether (sulfide) groups is 1. The Morgan fingerprint density at radius 3 is 2.96 bits per heavy atom. The monoisotopic (exact) mass is 375 g/mol. The summed E-state index contributed by atoms with van der Waals surface area (Å²) in [7, 11) is 0. The Labute approximate surface area is 155 Å². The van der Waals surface area contributed by atoms with Gasteiger partial charge in [-0.25, -0.2) is 5.10 Å². The Hall–Kier alpha value is -2.42. The third-order valence-electron chi connectivity index (χ3n) is 4.54. The van der Waals surface area contributed by atoms with E-state index in [1.807, 2.05) is 23.1 Å². The lowest BCUT2D eigenvalue weighted by atomic mass is 10.0. The lowest BCUT2D eigenvalue weighted by Gasteiger charge is -2.25. The third kappa shape index (κ3) is 3.57. The van der Waals surface area contributed by atoms with Crippen LogP contribution in [0.15, 0.2) is 23.4 Å². The average molecular weight is 375 g/mol. The number of H-pyrrole nitrogens is 1. The number of aromatic nitrogens is 3. The summed E-state index contributed by atoms with van der Waals surface area (Å²) in [5, 5.41) is 7.01. The molecule has 1 atom stereocenters. The van der Waals surface area contributed by atoms with Gasteiger partial charge in [-0.15, -0.1) is 5.10 Å².